The fourth-order valence-corrected chi connectivity index (χ4v) is 1.68. The van der Waals surface area contributed by atoms with Crippen LogP contribution >= 0.6 is 15.9 Å². The van der Waals surface area contributed by atoms with Gasteiger partial charge in [-0.05, 0) is 28.1 Å². The van der Waals surface area contributed by atoms with E-state index >= 15 is 0 Å². The third-order valence-electron chi connectivity index (χ3n) is 1.91. The van der Waals surface area contributed by atoms with Crippen LogP contribution in [0.1, 0.15) is 10.4 Å². The first kappa shape index (κ1) is 12.5. The number of hydrogen-bond donors (Lipinski definition) is 1. The van der Waals surface area contributed by atoms with Gasteiger partial charge in [0.2, 0.25) is 6.41 Å². The minimum Gasteiger partial charge on any atom is -0.496 e. The van der Waals surface area contributed by atoms with Gasteiger partial charge in [-0.3, -0.25) is 4.79 Å². The molecule has 16 heavy (non-hydrogen) atoms. The Labute approximate surface area is 101 Å². The van der Waals surface area contributed by atoms with Gasteiger partial charge in [-0.15, -0.1) is 0 Å². The van der Waals surface area contributed by atoms with E-state index in [9.17, 15) is 9.59 Å². The summed E-state index contributed by atoms with van der Waals surface area (Å²) >= 11 is 3.25. The van der Waals surface area contributed by atoms with Gasteiger partial charge in [0.05, 0.1) is 29.9 Å². The Morgan fingerprint density at radius 3 is 2.62 bits per heavy atom. The minimum absolute atomic E-state index is 0.231. The molecule has 0 radical (unpaired) electrons. The number of amides is 1. The first-order valence-corrected chi connectivity index (χ1v) is 5.09. The Hall–Kier alpha value is -1.56. The van der Waals surface area contributed by atoms with Gasteiger partial charge < -0.3 is 14.8 Å². The van der Waals surface area contributed by atoms with Crippen LogP contribution in [-0.4, -0.2) is 26.6 Å². The van der Waals surface area contributed by atoms with Crippen LogP contribution in [-0.2, 0) is 9.53 Å². The van der Waals surface area contributed by atoms with Crippen LogP contribution in [0.3, 0.4) is 0 Å². The summed E-state index contributed by atoms with van der Waals surface area (Å²) in [5.74, 6) is -0.0630. The number of anilines is 1. The van der Waals surface area contributed by atoms with E-state index in [2.05, 4.69) is 26.0 Å². The van der Waals surface area contributed by atoms with Gasteiger partial charge in [0.25, 0.3) is 0 Å². The molecule has 0 aliphatic rings. The highest BCUT2D eigenvalue weighted by Gasteiger charge is 2.15. The van der Waals surface area contributed by atoms with E-state index in [1.807, 2.05) is 0 Å². The molecule has 0 spiro atoms. The molecule has 1 aromatic rings. The maximum Gasteiger partial charge on any atom is 0.340 e. The molecule has 0 heterocycles. The molecule has 86 valence electrons. The van der Waals surface area contributed by atoms with Crippen molar-refractivity contribution >= 4 is 34.0 Å². The van der Waals surface area contributed by atoms with E-state index in [0.717, 1.165) is 0 Å². The summed E-state index contributed by atoms with van der Waals surface area (Å²) < 4.78 is 10.3. The van der Waals surface area contributed by atoms with Crippen molar-refractivity contribution in [2.45, 2.75) is 0 Å². The third kappa shape index (κ3) is 2.52. The molecular formula is C10H10BrNO4. The van der Waals surface area contributed by atoms with Crippen LogP contribution in [0.5, 0.6) is 5.75 Å². The molecule has 0 aliphatic carbocycles. The second-order valence-corrected chi connectivity index (χ2v) is 3.64. The number of hydrogen-bond acceptors (Lipinski definition) is 4. The summed E-state index contributed by atoms with van der Waals surface area (Å²) in [6.45, 7) is 0. The Bertz CT molecular complexity index is 420. The van der Waals surface area contributed by atoms with Crippen molar-refractivity contribution in [1.82, 2.24) is 0 Å². The van der Waals surface area contributed by atoms with Crippen LogP contribution in [0, 0.1) is 0 Å². The second kappa shape index (κ2) is 5.50. The lowest BCUT2D eigenvalue weighted by molar-refractivity contribution is -0.105. The van der Waals surface area contributed by atoms with Crippen LogP contribution in [0.4, 0.5) is 5.69 Å². The number of carbonyl (C=O) groups excluding carboxylic acids is 2. The van der Waals surface area contributed by atoms with Gasteiger partial charge >= 0.3 is 5.97 Å². The highest BCUT2D eigenvalue weighted by Crippen LogP contribution is 2.31. The number of carbonyl (C=O) groups is 2. The SMILES string of the molecule is COC(=O)c1cc(OC)c(Br)cc1NC=O. The molecule has 0 aliphatic heterocycles. The van der Waals surface area contributed by atoms with Crippen molar-refractivity contribution in [2.24, 2.45) is 0 Å². The smallest absolute Gasteiger partial charge is 0.340 e. The summed E-state index contributed by atoms with van der Waals surface area (Å²) in [7, 11) is 2.75. The van der Waals surface area contributed by atoms with Gasteiger partial charge in [-0.2, -0.15) is 0 Å². The summed E-state index contributed by atoms with van der Waals surface area (Å²) in [6.07, 6.45) is 0.487. The molecule has 5 nitrogen and oxygen atoms in total. The maximum atomic E-state index is 11.4. The van der Waals surface area contributed by atoms with E-state index in [1.54, 1.807) is 6.07 Å². The van der Waals surface area contributed by atoms with Gasteiger partial charge in [-0.1, -0.05) is 0 Å². The van der Waals surface area contributed by atoms with Crippen LogP contribution in [0.25, 0.3) is 0 Å². The van der Waals surface area contributed by atoms with Crippen LogP contribution < -0.4 is 10.1 Å². The standard InChI is InChI=1S/C10H10BrNO4/c1-15-9-3-6(10(14)16-2)8(12-5-13)4-7(9)11/h3-5H,1-2H3,(H,12,13). The highest BCUT2D eigenvalue weighted by molar-refractivity contribution is 9.10. The molecule has 0 unspecified atom stereocenters. The zero-order valence-corrected chi connectivity index (χ0v) is 10.3. The monoisotopic (exact) mass is 287 g/mol. The first-order valence-electron chi connectivity index (χ1n) is 4.30. The molecule has 0 saturated carbocycles. The normalized spacial score (nSPS) is 9.44. The zero-order chi connectivity index (χ0) is 12.1. The average Bonchev–Trinajstić information content (AvgIpc) is 2.29. The predicted molar refractivity (Wildman–Crippen MR) is 61.7 cm³/mol. The second-order valence-electron chi connectivity index (χ2n) is 2.79. The van der Waals surface area contributed by atoms with Crippen molar-refractivity contribution in [2.75, 3.05) is 19.5 Å². The number of ether oxygens (including phenoxy) is 2. The van der Waals surface area contributed by atoms with Gasteiger partial charge in [0.15, 0.2) is 0 Å². The lowest BCUT2D eigenvalue weighted by atomic mass is 10.1. The van der Waals surface area contributed by atoms with Crippen molar-refractivity contribution in [1.29, 1.82) is 0 Å². The quantitative estimate of drug-likeness (QED) is 0.678. The number of nitrogens with one attached hydrogen (secondary N) is 1. The highest BCUT2D eigenvalue weighted by atomic mass is 79.9. The summed E-state index contributed by atoms with van der Waals surface area (Å²) in [6, 6.07) is 3.06. The lowest BCUT2D eigenvalue weighted by Crippen LogP contribution is -2.07. The molecule has 0 aromatic heterocycles. The minimum atomic E-state index is -0.546. The topological polar surface area (TPSA) is 64.6 Å². The first-order chi connectivity index (χ1) is 7.63. The summed E-state index contributed by atoms with van der Waals surface area (Å²) in [5.41, 5.74) is 0.587. The maximum absolute atomic E-state index is 11.4. The fourth-order valence-electron chi connectivity index (χ4n) is 1.17. The Morgan fingerprint density at radius 2 is 2.12 bits per heavy atom. The fraction of sp³-hybridized carbons (Fsp3) is 0.200. The third-order valence-corrected chi connectivity index (χ3v) is 2.53. The van der Waals surface area contributed by atoms with Gasteiger partial charge in [0, 0.05) is 0 Å². The number of benzene rings is 1. The Morgan fingerprint density at radius 1 is 1.44 bits per heavy atom. The van der Waals surface area contributed by atoms with Gasteiger partial charge in [-0.25, -0.2) is 4.79 Å². The lowest BCUT2D eigenvalue weighted by Gasteiger charge is -2.10. The van der Waals surface area contributed by atoms with Crippen molar-refractivity contribution in [3.8, 4) is 5.75 Å². The molecule has 1 rings (SSSR count). The van der Waals surface area contributed by atoms with Gasteiger partial charge in [0.1, 0.15) is 5.75 Å². The average molecular weight is 288 g/mol. The summed E-state index contributed by atoms with van der Waals surface area (Å²) in [5, 5.41) is 2.42. The molecule has 0 fully saturated rings. The van der Waals surface area contributed by atoms with E-state index in [-0.39, 0.29) is 5.56 Å². The molecular weight excluding hydrogens is 278 g/mol. The molecule has 6 heteroatoms. The predicted octanol–water partition coefficient (Wildman–Crippen LogP) is 1.81. The molecule has 0 bridgehead atoms. The van der Waals surface area contributed by atoms with Crippen LogP contribution in [0.2, 0.25) is 0 Å². The molecule has 1 N–H and O–H groups in total. The largest absolute Gasteiger partial charge is 0.496 e. The van der Waals surface area contributed by atoms with E-state index in [0.29, 0.717) is 22.3 Å². The number of methoxy groups -OCH3 is 2. The molecule has 1 aromatic carbocycles. The van der Waals surface area contributed by atoms with Crippen molar-refractivity contribution in [3.63, 3.8) is 0 Å². The Kier molecular flexibility index (Phi) is 4.30. The van der Waals surface area contributed by atoms with E-state index in [4.69, 9.17) is 4.74 Å². The van der Waals surface area contributed by atoms with E-state index < -0.39 is 5.97 Å². The molecule has 1 amide bonds. The summed E-state index contributed by atoms with van der Waals surface area (Å²) in [4.78, 5) is 21.8. The van der Waals surface area contributed by atoms with Crippen LogP contribution in [0.15, 0.2) is 16.6 Å². The van der Waals surface area contributed by atoms with Crippen molar-refractivity contribution in [3.05, 3.63) is 22.2 Å². The molecule has 0 saturated heterocycles. The van der Waals surface area contributed by atoms with Crippen molar-refractivity contribution < 1.29 is 19.1 Å². The number of esters is 1. The van der Waals surface area contributed by atoms with E-state index in [1.165, 1.54) is 20.3 Å². The Balaban J connectivity index is 3.29. The zero-order valence-electron chi connectivity index (χ0n) is 8.74. The molecule has 0 atom stereocenters. The number of rotatable bonds is 4. The number of halogens is 1.